The molecular weight excluding hydrogens is 248 g/mol. The predicted molar refractivity (Wildman–Crippen MR) is 84.8 cm³/mol. The van der Waals surface area contributed by atoms with Crippen molar-refractivity contribution >= 4 is 18.8 Å². The standard InChI is InChI=1S/C17H22OSi/c1-19(2,3)12-15-11-10-14-9-8-13-6-4-5-7-16(13)17(14)18-15/h4-9,15H,10-12H2,1-3H3/t15-/m1/s1. The first-order valence-corrected chi connectivity index (χ1v) is 10.9. The van der Waals surface area contributed by atoms with Crippen LogP contribution in [0.15, 0.2) is 36.4 Å². The molecule has 100 valence electrons. The third-order valence-corrected chi connectivity index (χ3v) is 5.50. The van der Waals surface area contributed by atoms with E-state index in [1.807, 2.05) is 0 Å². The maximum absolute atomic E-state index is 6.36. The van der Waals surface area contributed by atoms with E-state index in [9.17, 15) is 0 Å². The number of rotatable bonds is 2. The van der Waals surface area contributed by atoms with Gasteiger partial charge in [-0.3, -0.25) is 0 Å². The van der Waals surface area contributed by atoms with Gasteiger partial charge in [-0.15, -0.1) is 0 Å². The molecule has 0 aromatic heterocycles. The highest BCUT2D eigenvalue weighted by molar-refractivity contribution is 6.76. The largest absolute Gasteiger partial charge is 0.490 e. The zero-order valence-electron chi connectivity index (χ0n) is 12.1. The Bertz CT molecular complexity index is 598. The number of aryl methyl sites for hydroxylation is 1. The normalized spacial score (nSPS) is 19.0. The van der Waals surface area contributed by atoms with Gasteiger partial charge in [-0.2, -0.15) is 0 Å². The van der Waals surface area contributed by atoms with E-state index in [1.165, 1.54) is 28.8 Å². The lowest BCUT2D eigenvalue weighted by Gasteiger charge is -2.31. The lowest BCUT2D eigenvalue weighted by atomic mass is 9.98. The van der Waals surface area contributed by atoms with E-state index in [4.69, 9.17) is 4.74 Å². The zero-order chi connectivity index (χ0) is 13.5. The monoisotopic (exact) mass is 270 g/mol. The van der Waals surface area contributed by atoms with Gasteiger partial charge in [0.15, 0.2) is 0 Å². The first-order valence-electron chi connectivity index (χ1n) is 7.20. The number of hydrogen-bond donors (Lipinski definition) is 0. The van der Waals surface area contributed by atoms with Crippen LogP contribution in [0.5, 0.6) is 5.75 Å². The summed E-state index contributed by atoms with van der Waals surface area (Å²) in [6, 6.07) is 14.3. The summed E-state index contributed by atoms with van der Waals surface area (Å²) in [6.07, 6.45) is 2.76. The van der Waals surface area contributed by atoms with Crippen LogP contribution in [-0.4, -0.2) is 14.2 Å². The van der Waals surface area contributed by atoms with Gasteiger partial charge in [-0.1, -0.05) is 56.0 Å². The Hall–Kier alpha value is -1.28. The molecular formula is C17H22OSi. The Labute approximate surface area is 116 Å². The van der Waals surface area contributed by atoms with Crippen LogP contribution in [0.1, 0.15) is 12.0 Å². The van der Waals surface area contributed by atoms with Crippen LogP contribution in [0.2, 0.25) is 25.7 Å². The number of benzene rings is 2. The molecule has 2 aromatic rings. The molecule has 0 saturated heterocycles. The molecule has 0 radical (unpaired) electrons. The van der Waals surface area contributed by atoms with Gasteiger partial charge < -0.3 is 4.74 Å². The molecule has 0 bridgehead atoms. The fraction of sp³-hybridized carbons (Fsp3) is 0.412. The SMILES string of the molecule is C[Si](C)(C)C[C@H]1CCc2ccc3ccccc3c2O1. The van der Waals surface area contributed by atoms with Gasteiger partial charge in [0, 0.05) is 13.5 Å². The summed E-state index contributed by atoms with van der Waals surface area (Å²) in [6.45, 7) is 7.28. The van der Waals surface area contributed by atoms with Gasteiger partial charge in [-0.05, 0) is 29.8 Å². The van der Waals surface area contributed by atoms with Gasteiger partial charge in [0.2, 0.25) is 0 Å². The molecule has 1 atom stereocenters. The number of fused-ring (bicyclic) bond motifs is 3. The molecule has 0 fully saturated rings. The van der Waals surface area contributed by atoms with Crippen molar-refractivity contribution in [2.75, 3.05) is 0 Å². The van der Waals surface area contributed by atoms with Crippen LogP contribution in [0, 0.1) is 0 Å². The Balaban J connectivity index is 1.96. The van der Waals surface area contributed by atoms with Gasteiger partial charge >= 0.3 is 0 Å². The summed E-state index contributed by atoms with van der Waals surface area (Å²) in [5, 5.41) is 2.56. The molecule has 2 heteroatoms. The van der Waals surface area contributed by atoms with Crippen molar-refractivity contribution in [3.05, 3.63) is 42.0 Å². The molecule has 1 aliphatic rings. The topological polar surface area (TPSA) is 9.23 Å². The highest BCUT2D eigenvalue weighted by Crippen LogP contribution is 2.36. The second-order valence-corrected chi connectivity index (χ2v) is 12.3. The molecule has 0 unspecified atom stereocenters. The fourth-order valence-corrected chi connectivity index (χ4v) is 4.65. The zero-order valence-corrected chi connectivity index (χ0v) is 13.1. The maximum atomic E-state index is 6.36. The predicted octanol–water partition coefficient (Wildman–Crippen LogP) is 4.87. The average molecular weight is 270 g/mol. The van der Waals surface area contributed by atoms with Gasteiger partial charge in [0.25, 0.3) is 0 Å². The van der Waals surface area contributed by atoms with Crippen LogP contribution >= 0.6 is 0 Å². The first kappa shape index (κ1) is 12.7. The molecule has 2 aromatic carbocycles. The van der Waals surface area contributed by atoms with Gasteiger partial charge in [0.05, 0.1) is 6.10 Å². The Kier molecular flexibility index (Phi) is 3.13. The molecule has 19 heavy (non-hydrogen) atoms. The third kappa shape index (κ3) is 2.69. The fourth-order valence-electron chi connectivity index (χ4n) is 2.99. The third-order valence-electron chi connectivity index (χ3n) is 3.82. The van der Waals surface area contributed by atoms with E-state index < -0.39 is 8.07 Å². The minimum absolute atomic E-state index is 0.421. The maximum Gasteiger partial charge on any atom is 0.130 e. The van der Waals surface area contributed by atoms with E-state index >= 15 is 0 Å². The molecule has 1 nitrogen and oxygen atoms in total. The van der Waals surface area contributed by atoms with Crippen LogP contribution in [0.3, 0.4) is 0 Å². The second kappa shape index (κ2) is 4.68. The smallest absolute Gasteiger partial charge is 0.130 e. The van der Waals surface area contributed by atoms with Crippen molar-refractivity contribution in [1.29, 1.82) is 0 Å². The lowest BCUT2D eigenvalue weighted by molar-refractivity contribution is 0.193. The van der Waals surface area contributed by atoms with Crippen molar-refractivity contribution in [3.8, 4) is 5.75 Å². The van der Waals surface area contributed by atoms with E-state index in [1.54, 1.807) is 0 Å². The van der Waals surface area contributed by atoms with E-state index in [0.29, 0.717) is 6.10 Å². The van der Waals surface area contributed by atoms with Crippen LogP contribution < -0.4 is 4.74 Å². The van der Waals surface area contributed by atoms with Gasteiger partial charge in [0.1, 0.15) is 5.75 Å². The molecule has 3 rings (SSSR count). The summed E-state index contributed by atoms with van der Waals surface area (Å²) in [5.74, 6) is 1.15. The lowest BCUT2D eigenvalue weighted by Crippen LogP contribution is -2.32. The van der Waals surface area contributed by atoms with Crippen molar-refractivity contribution < 1.29 is 4.74 Å². The van der Waals surface area contributed by atoms with E-state index in [-0.39, 0.29) is 0 Å². The minimum Gasteiger partial charge on any atom is -0.490 e. The van der Waals surface area contributed by atoms with Crippen molar-refractivity contribution in [2.24, 2.45) is 0 Å². The molecule has 1 heterocycles. The van der Waals surface area contributed by atoms with Crippen LogP contribution in [0.4, 0.5) is 0 Å². The van der Waals surface area contributed by atoms with E-state index in [2.05, 4.69) is 56.0 Å². The Morgan fingerprint density at radius 3 is 2.68 bits per heavy atom. The molecule has 0 N–H and O–H groups in total. The summed E-state index contributed by atoms with van der Waals surface area (Å²) < 4.78 is 6.36. The number of ether oxygens (including phenoxy) is 1. The highest BCUT2D eigenvalue weighted by atomic mass is 28.3. The molecule has 0 aliphatic carbocycles. The average Bonchev–Trinajstić information content (AvgIpc) is 2.37. The van der Waals surface area contributed by atoms with Gasteiger partial charge in [-0.25, -0.2) is 0 Å². The molecule has 1 aliphatic heterocycles. The second-order valence-electron chi connectivity index (χ2n) is 6.82. The quantitative estimate of drug-likeness (QED) is 0.707. The van der Waals surface area contributed by atoms with E-state index in [0.717, 1.165) is 12.2 Å². The highest BCUT2D eigenvalue weighted by Gasteiger charge is 2.26. The summed E-state index contributed by atoms with van der Waals surface area (Å²) in [5.41, 5.74) is 1.38. The molecule has 0 spiro atoms. The summed E-state index contributed by atoms with van der Waals surface area (Å²) >= 11 is 0. The number of hydrogen-bond acceptors (Lipinski definition) is 1. The minimum atomic E-state index is -1.06. The van der Waals surface area contributed by atoms with Crippen molar-refractivity contribution in [1.82, 2.24) is 0 Å². The molecule has 0 saturated carbocycles. The van der Waals surface area contributed by atoms with Crippen LogP contribution in [0.25, 0.3) is 10.8 Å². The van der Waals surface area contributed by atoms with Crippen molar-refractivity contribution in [2.45, 2.75) is 44.6 Å². The Morgan fingerprint density at radius 2 is 1.89 bits per heavy atom. The van der Waals surface area contributed by atoms with Crippen molar-refractivity contribution in [3.63, 3.8) is 0 Å². The summed E-state index contributed by atoms with van der Waals surface area (Å²) in [4.78, 5) is 0. The summed E-state index contributed by atoms with van der Waals surface area (Å²) in [7, 11) is -1.06. The Morgan fingerprint density at radius 1 is 1.11 bits per heavy atom. The van der Waals surface area contributed by atoms with Crippen LogP contribution in [-0.2, 0) is 6.42 Å². The molecule has 0 amide bonds. The first-order chi connectivity index (χ1) is 9.03.